The normalized spacial score (nSPS) is 11.7. The smallest absolute Gasteiger partial charge is 0.164 e. The topological polar surface area (TPSA) is 56.7 Å². The summed E-state index contributed by atoms with van der Waals surface area (Å²) in [6.07, 6.45) is 0. The summed E-state index contributed by atoms with van der Waals surface area (Å²) in [6.45, 7) is 2.09. The zero-order chi connectivity index (χ0) is 29.9. The molecule has 0 aliphatic rings. The molecule has 0 unspecified atom stereocenters. The Kier molecular flexibility index (Phi) is 5.65. The highest BCUT2D eigenvalue weighted by molar-refractivity contribution is 6.21. The average Bonchev–Trinajstić information content (AvgIpc) is 3.64. The van der Waals surface area contributed by atoms with Crippen LogP contribution in [0.4, 0.5) is 0 Å². The SMILES string of the molecule is Cc1cc2oc3c(ccc4c5ccccc5n(-c5ccccc5)c43)c2cc1-c1nc(-c2ccccc2)nc(-c2ccccc2)n1. The Hall–Kier alpha value is -6.07. The molecule has 212 valence electrons. The Morgan fingerprint density at radius 1 is 0.511 bits per heavy atom. The molecule has 9 rings (SSSR count). The summed E-state index contributed by atoms with van der Waals surface area (Å²) in [4.78, 5) is 14.9. The minimum Gasteiger partial charge on any atom is -0.454 e. The zero-order valence-corrected chi connectivity index (χ0v) is 24.5. The average molecular weight is 579 g/mol. The van der Waals surface area contributed by atoms with Crippen LogP contribution in [0.15, 0.2) is 144 Å². The number of aryl methyl sites for hydroxylation is 1. The lowest BCUT2D eigenvalue weighted by molar-refractivity contribution is 0.670. The Balaban J connectivity index is 1.31. The molecule has 3 heterocycles. The second-order valence-electron chi connectivity index (χ2n) is 11.3. The van der Waals surface area contributed by atoms with Gasteiger partial charge >= 0.3 is 0 Å². The molecular weight excluding hydrogens is 552 g/mol. The molecule has 9 aromatic rings. The third-order valence-corrected chi connectivity index (χ3v) is 8.57. The highest BCUT2D eigenvalue weighted by Crippen LogP contribution is 2.41. The Labute approximate surface area is 259 Å². The molecule has 6 aromatic carbocycles. The van der Waals surface area contributed by atoms with Crippen molar-refractivity contribution in [2.24, 2.45) is 0 Å². The van der Waals surface area contributed by atoms with Gasteiger partial charge in [0, 0.05) is 43.9 Å². The summed E-state index contributed by atoms with van der Waals surface area (Å²) in [5.41, 5.74) is 8.89. The first kappa shape index (κ1) is 25.4. The van der Waals surface area contributed by atoms with Gasteiger partial charge in [0.1, 0.15) is 5.58 Å². The van der Waals surface area contributed by atoms with Crippen molar-refractivity contribution in [3.63, 3.8) is 0 Å². The lowest BCUT2D eigenvalue weighted by Crippen LogP contribution is -2.01. The zero-order valence-electron chi connectivity index (χ0n) is 24.5. The lowest BCUT2D eigenvalue weighted by Gasteiger charge is -2.10. The van der Waals surface area contributed by atoms with Crippen LogP contribution in [0.1, 0.15) is 5.56 Å². The van der Waals surface area contributed by atoms with Crippen molar-refractivity contribution in [3.05, 3.63) is 145 Å². The number of nitrogens with zero attached hydrogens (tertiary/aromatic N) is 4. The number of aromatic nitrogens is 4. The van der Waals surface area contributed by atoms with E-state index in [0.717, 1.165) is 66.3 Å². The van der Waals surface area contributed by atoms with Crippen LogP contribution in [0.5, 0.6) is 0 Å². The van der Waals surface area contributed by atoms with Gasteiger partial charge in [-0.25, -0.2) is 15.0 Å². The summed E-state index contributed by atoms with van der Waals surface area (Å²) >= 11 is 0. The molecule has 5 heteroatoms. The molecule has 0 saturated heterocycles. The van der Waals surface area contributed by atoms with E-state index in [1.54, 1.807) is 0 Å². The van der Waals surface area contributed by atoms with E-state index in [4.69, 9.17) is 19.4 Å². The summed E-state index contributed by atoms with van der Waals surface area (Å²) in [7, 11) is 0. The quantitative estimate of drug-likeness (QED) is 0.208. The molecule has 0 saturated carbocycles. The number of hydrogen-bond donors (Lipinski definition) is 0. The van der Waals surface area contributed by atoms with Gasteiger partial charge in [0.05, 0.1) is 11.0 Å². The van der Waals surface area contributed by atoms with Crippen molar-refractivity contribution in [2.45, 2.75) is 6.92 Å². The maximum Gasteiger partial charge on any atom is 0.164 e. The van der Waals surface area contributed by atoms with Crippen LogP contribution >= 0.6 is 0 Å². The van der Waals surface area contributed by atoms with Crippen molar-refractivity contribution in [1.82, 2.24) is 19.5 Å². The predicted molar refractivity (Wildman–Crippen MR) is 182 cm³/mol. The van der Waals surface area contributed by atoms with Crippen LogP contribution < -0.4 is 0 Å². The molecule has 5 nitrogen and oxygen atoms in total. The van der Waals surface area contributed by atoms with E-state index >= 15 is 0 Å². The highest BCUT2D eigenvalue weighted by atomic mass is 16.3. The largest absolute Gasteiger partial charge is 0.454 e. The number of furan rings is 1. The first-order valence-electron chi connectivity index (χ1n) is 15.0. The number of fused-ring (bicyclic) bond motifs is 7. The number of hydrogen-bond acceptors (Lipinski definition) is 4. The number of benzene rings is 6. The van der Waals surface area contributed by atoms with Crippen molar-refractivity contribution < 1.29 is 4.42 Å². The predicted octanol–water partition coefficient (Wildman–Crippen LogP) is 10.2. The van der Waals surface area contributed by atoms with Gasteiger partial charge in [0.2, 0.25) is 0 Å². The summed E-state index contributed by atoms with van der Waals surface area (Å²) in [6, 6.07) is 47.9. The highest BCUT2D eigenvalue weighted by Gasteiger charge is 2.21. The van der Waals surface area contributed by atoms with Crippen molar-refractivity contribution in [2.75, 3.05) is 0 Å². The van der Waals surface area contributed by atoms with Gasteiger partial charge in [-0.15, -0.1) is 0 Å². The summed E-state index contributed by atoms with van der Waals surface area (Å²) in [5.74, 6) is 1.92. The van der Waals surface area contributed by atoms with E-state index < -0.39 is 0 Å². The maximum atomic E-state index is 6.74. The Bertz CT molecular complexity index is 2470. The molecule has 3 aromatic heterocycles. The number of para-hydroxylation sites is 2. The van der Waals surface area contributed by atoms with E-state index in [0.29, 0.717) is 17.5 Å². The molecule has 0 aliphatic carbocycles. The van der Waals surface area contributed by atoms with Gasteiger partial charge in [0.15, 0.2) is 23.1 Å². The van der Waals surface area contributed by atoms with E-state index in [1.807, 2.05) is 66.7 Å². The van der Waals surface area contributed by atoms with Gasteiger partial charge in [-0.05, 0) is 48.9 Å². The summed E-state index contributed by atoms with van der Waals surface area (Å²) < 4.78 is 9.05. The second-order valence-corrected chi connectivity index (χ2v) is 11.3. The second kappa shape index (κ2) is 10.00. The monoisotopic (exact) mass is 578 g/mol. The van der Waals surface area contributed by atoms with E-state index in [-0.39, 0.29) is 0 Å². The van der Waals surface area contributed by atoms with Crippen LogP contribution in [-0.4, -0.2) is 19.5 Å². The van der Waals surface area contributed by atoms with Crippen molar-refractivity contribution in [3.8, 4) is 39.9 Å². The molecule has 0 bridgehead atoms. The minimum atomic E-state index is 0.635. The van der Waals surface area contributed by atoms with Crippen molar-refractivity contribution in [1.29, 1.82) is 0 Å². The van der Waals surface area contributed by atoms with Crippen LogP contribution in [0.2, 0.25) is 0 Å². The molecule has 45 heavy (non-hydrogen) atoms. The fourth-order valence-corrected chi connectivity index (χ4v) is 6.44. The standard InChI is InChI=1S/C40H26N4O/c1-25-23-35-33(24-32(25)40-42-38(26-13-5-2-6-14-26)41-39(43-40)27-15-7-3-8-16-27)31-22-21-30-29-19-11-12-20-34(29)44(36(30)37(31)45-35)28-17-9-4-10-18-28/h2-24H,1H3. The minimum absolute atomic E-state index is 0.635. The molecule has 0 radical (unpaired) electrons. The Morgan fingerprint density at radius 3 is 1.78 bits per heavy atom. The van der Waals surface area contributed by atoms with Crippen LogP contribution in [0.3, 0.4) is 0 Å². The molecule has 0 fully saturated rings. The van der Waals surface area contributed by atoms with E-state index in [1.165, 1.54) is 5.39 Å². The molecule has 0 N–H and O–H groups in total. The molecule has 0 aliphatic heterocycles. The maximum absolute atomic E-state index is 6.74. The number of rotatable bonds is 4. The van der Waals surface area contributed by atoms with Gasteiger partial charge in [0.25, 0.3) is 0 Å². The molecule has 0 atom stereocenters. The third kappa shape index (κ3) is 4.05. The van der Waals surface area contributed by atoms with Crippen LogP contribution in [0, 0.1) is 6.92 Å². The Morgan fingerprint density at radius 2 is 1.09 bits per heavy atom. The van der Waals surface area contributed by atoms with Gasteiger partial charge in [-0.2, -0.15) is 0 Å². The molecule has 0 amide bonds. The molecular formula is C40H26N4O. The fraction of sp³-hybridized carbons (Fsp3) is 0.0250. The van der Waals surface area contributed by atoms with Gasteiger partial charge < -0.3 is 8.98 Å². The van der Waals surface area contributed by atoms with E-state index in [9.17, 15) is 0 Å². The van der Waals surface area contributed by atoms with Crippen LogP contribution in [-0.2, 0) is 0 Å². The lowest BCUT2D eigenvalue weighted by atomic mass is 10.0. The first-order valence-corrected chi connectivity index (χ1v) is 15.0. The van der Waals surface area contributed by atoms with Gasteiger partial charge in [-0.3, -0.25) is 0 Å². The summed E-state index contributed by atoms with van der Waals surface area (Å²) in [5, 5.41) is 4.44. The van der Waals surface area contributed by atoms with Crippen molar-refractivity contribution >= 4 is 43.7 Å². The van der Waals surface area contributed by atoms with Crippen LogP contribution in [0.25, 0.3) is 83.6 Å². The van der Waals surface area contributed by atoms with E-state index in [2.05, 4.69) is 84.3 Å². The van der Waals surface area contributed by atoms with Gasteiger partial charge in [-0.1, -0.05) is 103 Å². The third-order valence-electron chi connectivity index (χ3n) is 8.57. The molecule has 0 spiro atoms. The first-order chi connectivity index (χ1) is 22.2. The fourth-order valence-electron chi connectivity index (χ4n) is 6.44.